The Balaban J connectivity index is 0.994. The van der Waals surface area contributed by atoms with Gasteiger partial charge in [-0.15, -0.1) is 0 Å². The van der Waals surface area contributed by atoms with Gasteiger partial charge in [-0.25, -0.2) is 0 Å². The highest BCUT2D eigenvalue weighted by Crippen LogP contribution is 2.37. The number of amides is 3. The Hall–Kier alpha value is -4.41. The molecular weight excluding hydrogens is 594 g/mol. The topological polar surface area (TPSA) is 126 Å². The quantitative estimate of drug-likeness (QED) is 0.249. The van der Waals surface area contributed by atoms with Gasteiger partial charge in [0.05, 0.1) is 18.9 Å². The van der Waals surface area contributed by atoms with Gasteiger partial charge in [-0.1, -0.05) is 36.8 Å². The van der Waals surface area contributed by atoms with E-state index in [1.807, 2.05) is 9.80 Å². The summed E-state index contributed by atoms with van der Waals surface area (Å²) in [5.74, 6) is 0.529. The zero-order valence-electron chi connectivity index (χ0n) is 26.8. The van der Waals surface area contributed by atoms with Gasteiger partial charge in [-0.2, -0.15) is 0 Å². The Labute approximate surface area is 275 Å². The number of carbonyl (C=O) groups excluding carboxylic acids is 3. The average Bonchev–Trinajstić information content (AvgIpc) is 3.92. The lowest BCUT2D eigenvalue weighted by Crippen LogP contribution is -2.53. The Bertz CT molecular complexity index is 1650. The fraction of sp³-hybridized carbons (Fsp3) is 0.432. The Morgan fingerprint density at radius 2 is 1.83 bits per heavy atom. The minimum absolute atomic E-state index is 0.0344. The molecule has 0 radical (unpaired) electrons. The molecule has 10 nitrogen and oxygen atoms in total. The SMILES string of the molecule is NCCCCCC(=O)N1CCc2cc(NC3(c4ccc(CN(C(=O)c5ccc6c(c5)OCC(=O)N6)C5CC5)cc4)COC3)ccc2C1. The molecule has 3 heterocycles. The summed E-state index contributed by atoms with van der Waals surface area (Å²) in [7, 11) is 0. The van der Waals surface area contributed by atoms with Crippen molar-refractivity contribution in [2.75, 3.05) is 43.5 Å². The van der Waals surface area contributed by atoms with Crippen LogP contribution in [-0.4, -0.2) is 66.5 Å². The summed E-state index contributed by atoms with van der Waals surface area (Å²) in [6.45, 7) is 3.72. The van der Waals surface area contributed by atoms with Gasteiger partial charge in [-0.05, 0) is 91.2 Å². The van der Waals surface area contributed by atoms with Crippen LogP contribution in [0, 0.1) is 0 Å². The van der Waals surface area contributed by atoms with Crippen LogP contribution < -0.4 is 21.1 Å². The second-order valence-electron chi connectivity index (χ2n) is 13.3. The van der Waals surface area contributed by atoms with Gasteiger partial charge in [0, 0.05) is 43.3 Å². The molecule has 3 aromatic carbocycles. The van der Waals surface area contributed by atoms with Crippen LogP contribution in [0.15, 0.2) is 60.7 Å². The number of unbranched alkanes of at least 4 members (excludes halogenated alkanes) is 2. The molecule has 0 unspecified atom stereocenters. The normalized spacial score (nSPS) is 17.8. The van der Waals surface area contributed by atoms with Gasteiger partial charge in [0.15, 0.2) is 6.61 Å². The van der Waals surface area contributed by atoms with Crippen molar-refractivity contribution in [2.24, 2.45) is 5.73 Å². The number of nitrogens with two attached hydrogens (primary N) is 1. The highest BCUT2D eigenvalue weighted by Gasteiger charge is 2.41. The van der Waals surface area contributed by atoms with Crippen molar-refractivity contribution in [3.05, 3.63) is 88.5 Å². The number of fused-ring (bicyclic) bond motifs is 2. The van der Waals surface area contributed by atoms with E-state index in [4.69, 9.17) is 15.2 Å². The van der Waals surface area contributed by atoms with E-state index in [-0.39, 0.29) is 35.9 Å². The molecule has 47 heavy (non-hydrogen) atoms. The molecule has 1 saturated heterocycles. The second kappa shape index (κ2) is 13.4. The average molecular weight is 638 g/mol. The molecule has 2 fully saturated rings. The van der Waals surface area contributed by atoms with Gasteiger partial charge < -0.3 is 35.6 Å². The van der Waals surface area contributed by atoms with E-state index in [1.165, 1.54) is 11.1 Å². The molecule has 0 aromatic heterocycles. The fourth-order valence-corrected chi connectivity index (χ4v) is 6.74. The first kappa shape index (κ1) is 31.2. The highest BCUT2D eigenvalue weighted by atomic mass is 16.5. The lowest BCUT2D eigenvalue weighted by Gasteiger charge is -2.43. The third kappa shape index (κ3) is 6.84. The van der Waals surface area contributed by atoms with E-state index < -0.39 is 0 Å². The predicted molar refractivity (Wildman–Crippen MR) is 179 cm³/mol. The van der Waals surface area contributed by atoms with Crippen LogP contribution in [-0.2, 0) is 39.4 Å². The van der Waals surface area contributed by atoms with Crippen LogP contribution in [0.5, 0.6) is 5.75 Å². The summed E-state index contributed by atoms with van der Waals surface area (Å²) in [6.07, 6.45) is 6.31. The Kier molecular flexibility index (Phi) is 8.88. The Morgan fingerprint density at radius 1 is 1.00 bits per heavy atom. The second-order valence-corrected chi connectivity index (χ2v) is 13.3. The van der Waals surface area contributed by atoms with Crippen LogP contribution in [0.1, 0.15) is 71.1 Å². The number of anilines is 2. The number of carbonyl (C=O) groups is 3. The summed E-state index contributed by atoms with van der Waals surface area (Å²) in [6, 6.07) is 20.4. The first-order chi connectivity index (χ1) is 22.9. The maximum atomic E-state index is 13.6. The summed E-state index contributed by atoms with van der Waals surface area (Å²) in [4.78, 5) is 41.9. The zero-order valence-corrected chi connectivity index (χ0v) is 26.8. The number of hydrogen-bond donors (Lipinski definition) is 3. The van der Waals surface area contributed by atoms with E-state index in [1.54, 1.807) is 18.2 Å². The molecule has 10 heteroatoms. The molecule has 1 saturated carbocycles. The van der Waals surface area contributed by atoms with Crippen LogP contribution in [0.25, 0.3) is 0 Å². The minimum Gasteiger partial charge on any atom is -0.482 e. The van der Waals surface area contributed by atoms with Crippen LogP contribution in [0.3, 0.4) is 0 Å². The smallest absolute Gasteiger partial charge is 0.262 e. The van der Waals surface area contributed by atoms with E-state index in [2.05, 4.69) is 53.1 Å². The molecule has 0 spiro atoms. The molecule has 4 N–H and O–H groups in total. The van der Waals surface area contributed by atoms with E-state index >= 15 is 0 Å². The summed E-state index contributed by atoms with van der Waals surface area (Å²) in [5, 5.41) is 6.55. The van der Waals surface area contributed by atoms with Crippen molar-refractivity contribution >= 4 is 29.1 Å². The third-order valence-electron chi connectivity index (χ3n) is 9.72. The van der Waals surface area contributed by atoms with Gasteiger partial charge >= 0.3 is 0 Å². The number of benzene rings is 3. The monoisotopic (exact) mass is 637 g/mol. The van der Waals surface area contributed by atoms with Crippen molar-refractivity contribution in [3.63, 3.8) is 0 Å². The molecule has 1 aliphatic carbocycles. The minimum atomic E-state index is -0.322. The molecule has 3 aromatic rings. The molecule has 246 valence electrons. The number of ether oxygens (including phenoxy) is 2. The molecule has 0 bridgehead atoms. The fourth-order valence-electron chi connectivity index (χ4n) is 6.74. The lowest BCUT2D eigenvalue weighted by molar-refractivity contribution is -0.132. The van der Waals surface area contributed by atoms with Gasteiger partial charge in [-0.3, -0.25) is 14.4 Å². The first-order valence-electron chi connectivity index (χ1n) is 16.8. The summed E-state index contributed by atoms with van der Waals surface area (Å²) >= 11 is 0. The maximum Gasteiger partial charge on any atom is 0.262 e. The van der Waals surface area contributed by atoms with Gasteiger partial charge in [0.1, 0.15) is 11.3 Å². The van der Waals surface area contributed by atoms with E-state index in [0.29, 0.717) is 56.3 Å². The van der Waals surface area contributed by atoms with Gasteiger partial charge in [0.25, 0.3) is 11.8 Å². The molecule has 7 rings (SSSR count). The predicted octanol–water partition coefficient (Wildman–Crippen LogP) is 4.56. The number of nitrogens with zero attached hydrogens (tertiary/aromatic N) is 2. The van der Waals surface area contributed by atoms with Crippen LogP contribution >= 0.6 is 0 Å². The van der Waals surface area contributed by atoms with Crippen LogP contribution in [0.4, 0.5) is 11.4 Å². The van der Waals surface area contributed by atoms with Crippen molar-refractivity contribution in [3.8, 4) is 5.75 Å². The first-order valence-corrected chi connectivity index (χ1v) is 16.8. The molecule has 0 atom stereocenters. The van der Waals surface area contributed by atoms with Crippen molar-refractivity contribution in [1.82, 2.24) is 9.80 Å². The molecular formula is C37H43N5O5. The number of nitrogens with one attached hydrogen (secondary N) is 2. The van der Waals surface area contributed by atoms with E-state index in [9.17, 15) is 14.4 Å². The number of rotatable bonds is 12. The number of hydrogen-bond acceptors (Lipinski definition) is 7. The Morgan fingerprint density at radius 3 is 2.57 bits per heavy atom. The zero-order chi connectivity index (χ0) is 32.4. The largest absolute Gasteiger partial charge is 0.482 e. The summed E-state index contributed by atoms with van der Waals surface area (Å²) in [5.41, 5.74) is 12.2. The maximum absolute atomic E-state index is 13.6. The van der Waals surface area contributed by atoms with Crippen LogP contribution in [0.2, 0.25) is 0 Å². The van der Waals surface area contributed by atoms with Crippen molar-refractivity contribution < 1.29 is 23.9 Å². The molecule has 3 aliphatic heterocycles. The van der Waals surface area contributed by atoms with E-state index in [0.717, 1.165) is 61.9 Å². The molecule has 4 aliphatic rings. The van der Waals surface area contributed by atoms with Crippen molar-refractivity contribution in [2.45, 2.75) is 69.6 Å². The standard InChI is InChI=1S/C37H43N5O5/c38-16-3-1-2-4-35(44)41-17-15-26-18-30(11-7-28(26)21-41)40-37(23-46-24-37)29-9-5-25(6-10-29)20-42(31-12-13-31)36(45)27-8-14-32-33(19-27)47-22-34(43)39-32/h5-11,14,18-19,31,40H,1-4,12-13,15-17,20-24,38H2,(H,39,43). The third-order valence-corrected chi connectivity index (χ3v) is 9.72. The molecule has 3 amide bonds. The summed E-state index contributed by atoms with van der Waals surface area (Å²) < 4.78 is 11.3. The van der Waals surface area contributed by atoms with Crippen molar-refractivity contribution in [1.29, 1.82) is 0 Å². The van der Waals surface area contributed by atoms with Gasteiger partial charge in [0.2, 0.25) is 5.91 Å². The lowest BCUT2D eigenvalue weighted by atomic mass is 9.86. The highest BCUT2D eigenvalue weighted by molar-refractivity contribution is 5.99.